The lowest BCUT2D eigenvalue weighted by molar-refractivity contribution is -0.140. The van der Waals surface area contributed by atoms with Gasteiger partial charge in [0.1, 0.15) is 6.54 Å². The molecule has 0 atom stereocenters. The van der Waals surface area contributed by atoms with E-state index in [9.17, 15) is 4.79 Å². The van der Waals surface area contributed by atoms with Crippen molar-refractivity contribution in [1.29, 1.82) is 0 Å². The van der Waals surface area contributed by atoms with Crippen LogP contribution in [-0.2, 0) is 9.53 Å². The number of anilines is 1. The van der Waals surface area contributed by atoms with Crippen LogP contribution < -0.4 is 5.32 Å². The van der Waals surface area contributed by atoms with Crippen molar-refractivity contribution in [2.75, 3.05) is 24.2 Å². The van der Waals surface area contributed by atoms with Gasteiger partial charge >= 0.3 is 5.97 Å². The minimum atomic E-state index is -0.223. The maximum atomic E-state index is 11.2. The maximum Gasteiger partial charge on any atom is 0.325 e. The van der Waals surface area contributed by atoms with Crippen molar-refractivity contribution < 1.29 is 9.53 Å². The molecule has 0 bridgehead atoms. The van der Waals surface area contributed by atoms with E-state index in [1.807, 2.05) is 24.3 Å². The van der Waals surface area contributed by atoms with Crippen LogP contribution in [0.4, 0.5) is 5.69 Å². The minimum Gasteiger partial charge on any atom is -0.465 e. The van der Waals surface area contributed by atoms with Crippen LogP contribution in [-0.4, -0.2) is 24.9 Å². The predicted octanol–water partition coefficient (Wildman–Crippen LogP) is 2.77. The number of hydrogen-bond donors (Lipinski definition) is 1. The van der Waals surface area contributed by atoms with Gasteiger partial charge in [-0.3, -0.25) is 4.79 Å². The van der Waals surface area contributed by atoms with E-state index in [0.717, 1.165) is 16.3 Å². The van der Waals surface area contributed by atoms with Crippen LogP contribution in [0.25, 0.3) is 0 Å². The molecule has 16 heavy (non-hydrogen) atoms. The van der Waals surface area contributed by atoms with Gasteiger partial charge in [0, 0.05) is 10.6 Å². The van der Waals surface area contributed by atoms with Gasteiger partial charge in [-0.2, -0.15) is 0 Å². The average Bonchev–Trinajstić information content (AvgIpc) is 2.29. The Kier molecular flexibility index (Phi) is 5.78. The summed E-state index contributed by atoms with van der Waals surface area (Å²) in [6, 6.07) is 7.96. The van der Waals surface area contributed by atoms with Crippen LogP contribution >= 0.6 is 11.8 Å². The minimum absolute atomic E-state index is 0.217. The molecule has 0 saturated heterocycles. The largest absolute Gasteiger partial charge is 0.465 e. The molecule has 0 saturated carbocycles. The molecule has 0 aliphatic heterocycles. The maximum absolute atomic E-state index is 11.2. The molecule has 88 valence electrons. The molecule has 0 spiro atoms. The van der Waals surface area contributed by atoms with Crippen LogP contribution in [0.5, 0.6) is 0 Å². The van der Waals surface area contributed by atoms with Crippen LogP contribution in [0, 0.1) is 0 Å². The number of benzene rings is 1. The quantitative estimate of drug-likeness (QED) is 0.612. The van der Waals surface area contributed by atoms with Gasteiger partial charge in [-0.25, -0.2) is 0 Å². The van der Waals surface area contributed by atoms with Crippen molar-refractivity contribution >= 4 is 23.4 Å². The predicted molar refractivity (Wildman–Crippen MR) is 68.0 cm³/mol. The number of nitrogens with one attached hydrogen (secondary N) is 1. The first-order valence-electron chi connectivity index (χ1n) is 5.39. The lowest BCUT2D eigenvalue weighted by atomic mass is 10.3. The standard InChI is InChI=1S/C12H17NO2S/c1-3-15-12(14)9-13-10-7-5-6-8-11(10)16-4-2/h5-8,13H,3-4,9H2,1-2H3. The molecule has 4 heteroatoms. The topological polar surface area (TPSA) is 38.3 Å². The first kappa shape index (κ1) is 12.9. The van der Waals surface area contributed by atoms with Crippen molar-refractivity contribution in [1.82, 2.24) is 0 Å². The Morgan fingerprint density at radius 1 is 1.38 bits per heavy atom. The normalized spacial score (nSPS) is 9.88. The number of thioether (sulfide) groups is 1. The lowest BCUT2D eigenvalue weighted by Gasteiger charge is -2.10. The fourth-order valence-electron chi connectivity index (χ4n) is 1.27. The second-order valence-corrected chi connectivity index (χ2v) is 4.39. The van der Waals surface area contributed by atoms with Crippen LogP contribution in [0.1, 0.15) is 13.8 Å². The second-order valence-electron chi connectivity index (χ2n) is 3.09. The number of carbonyl (C=O) groups excluding carboxylic acids is 1. The molecule has 0 unspecified atom stereocenters. The van der Waals surface area contributed by atoms with Gasteiger partial charge in [-0.05, 0) is 24.8 Å². The summed E-state index contributed by atoms with van der Waals surface area (Å²) in [5.74, 6) is 0.789. The van der Waals surface area contributed by atoms with E-state index >= 15 is 0 Å². The highest BCUT2D eigenvalue weighted by Crippen LogP contribution is 2.26. The summed E-state index contributed by atoms with van der Waals surface area (Å²) in [4.78, 5) is 12.4. The van der Waals surface area contributed by atoms with Crippen molar-refractivity contribution in [3.8, 4) is 0 Å². The van der Waals surface area contributed by atoms with Crippen LogP contribution in [0.3, 0.4) is 0 Å². The van der Waals surface area contributed by atoms with Gasteiger partial charge in [-0.1, -0.05) is 19.1 Å². The van der Waals surface area contributed by atoms with E-state index in [2.05, 4.69) is 12.2 Å². The summed E-state index contributed by atoms with van der Waals surface area (Å²) in [5.41, 5.74) is 0.988. The van der Waals surface area contributed by atoms with Crippen LogP contribution in [0.2, 0.25) is 0 Å². The number of ether oxygens (including phenoxy) is 1. The van der Waals surface area contributed by atoms with E-state index in [1.165, 1.54) is 0 Å². The van der Waals surface area contributed by atoms with E-state index in [-0.39, 0.29) is 12.5 Å². The Hall–Kier alpha value is -1.16. The number of para-hydroxylation sites is 1. The monoisotopic (exact) mass is 239 g/mol. The number of esters is 1. The Balaban J connectivity index is 2.55. The van der Waals surface area contributed by atoms with Crippen molar-refractivity contribution in [3.05, 3.63) is 24.3 Å². The first-order valence-corrected chi connectivity index (χ1v) is 6.37. The summed E-state index contributed by atoms with van der Waals surface area (Å²) in [6.07, 6.45) is 0. The van der Waals surface area contributed by atoms with Crippen molar-refractivity contribution in [3.63, 3.8) is 0 Å². The fourth-order valence-corrected chi connectivity index (χ4v) is 2.05. The molecule has 0 amide bonds. The summed E-state index contributed by atoms with van der Waals surface area (Å²) < 4.78 is 4.86. The van der Waals surface area contributed by atoms with Gasteiger partial charge in [0.2, 0.25) is 0 Å². The Morgan fingerprint density at radius 3 is 2.81 bits per heavy atom. The summed E-state index contributed by atoms with van der Waals surface area (Å²) in [6.45, 7) is 4.55. The zero-order valence-electron chi connectivity index (χ0n) is 9.66. The molecule has 1 N–H and O–H groups in total. The van der Waals surface area contributed by atoms with E-state index in [4.69, 9.17) is 4.74 Å². The zero-order chi connectivity index (χ0) is 11.8. The fraction of sp³-hybridized carbons (Fsp3) is 0.417. The highest BCUT2D eigenvalue weighted by Gasteiger charge is 2.04. The lowest BCUT2D eigenvalue weighted by Crippen LogP contribution is -2.16. The zero-order valence-corrected chi connectivity index (χ0v) is 10.5. The van der Waals surface area contributed by atoms with Crippen LogP contribution in [0.15, 0.2) is 29.2 Å². The molecule has 0 radical (unpaired) electrons. The molecule has 3 nitrogen and oxygen atoms in total. The molecule has 1 rings (SSSR count). The third-order valence-electron chi connectivity index (χ3n) is 1.92. The molecular weight excluding hydrogens is 222 g/mol. The SMILES string of the molecule is CCOC(=O)CNc1ccccc1SCC. The molecule has 1 aromatic rings. The third-order valence-corrected chi connectivity index (χ3v) is 2.87. The molecule has 0 aromatic heterocycles. The number of rotatable bonds is 6. The Labute approximate surface area is 101 Å². The van der Waals surface area contributed by atoms with Crippen molar-refractivity contribution in [2.24, 2.45) is 0 Å². The number of hydrogen-bond acceptors (Lipinski definition) is 4. The van der Waals surface area contributed by atoms with Gasteiger partial charge in [-0.15, -0.1) is 11.8 Å². The third kappa shape index (κ3) is 4.14. The molecule has 0 heterocycles. The number of carbonyl (C=O) groups is 1. The van der Waals surface area contributed by atoms with Gasteiger partial charge in [0.15, 0.2) is 0 Å². The van der Waals surface area contributed by atoms with E-state index in [1.54, 1.807) is 18.7 Å². The molecule has 0 fully saturated rings. The highest BCUT2D eigenvalue weighted by atomic mass is 32.2. The summed E-state index contributed by atoms with van der Waals surface area (Å²) in [5, 5.41) is 3.09. The van der Waals surface area contributed by atoms with Gasteiger partial charge in [0.05, 0.1) is 6.61 Å². The van der Waals surface area contributed by atoms with E-state index in [0.29, 0.717) is 6.61 Å². The van der Waals surface area contributed by atoms with E-state index < -0.39 is 0 Å². The highest BCUT2D eigenvalue weighted by molar-refractivity contribution is 7.99. The van der Waals surface area contributed by atoms with Gasteiger partial charge < -0.3 is 10.1 Å². The second kappa shape index (κ2) is 7.17. The molecule has 1 aromatic carbocycles. The average molecular weight is 239 g/mol. The molecular formula is C12H17NO2S. The first-order chi connectivity index (χ1) is 7.77. The smallest absolute Gasteiger partial charge is 0.325 e. The molecule has 0 aliphatic carbocycles. The molecule has 0 aliphatic rings. The van der Waals surface area contributed by atoms with Gasteiger partial charge in [0.25, 0.3) is 0 Å². The summed E-state index contributed by atoms with van der Waals surface area (Å²) >= 11 is 1.75. The summed E-state index contributed by atoms with van der Waals surface area (Å²) in [7, 11) is 0. The Morgan fingerprint density at radius 2 is 2.12 bits per heavy atom. The Bertz CT molecular complexity index is 342. The van der Waals surface area contributed by atoms with Crippen molar-refractivity contribution in [2.45, 2.75) is 18.7 Å².